The molecule has 0 spiro atoms. The van der Waals surface area contributed by atoms with Crippen molar-refractivity contribution in [3.8, 4) is 28.3 Å². The maximum atomic E-state index is 10.3. The molecule has 26 heavy (non-hydrogen) atoms. The van der Waals surface area contributed by atoms with Gasteiger partial charge in [0.25, 0.3) is 0 Å². The van der Waals surface area contributed by atoms with Crippen LogP contribution in [0.25, 0.3) is 22.5 Å². The Morgan fingerprint density at radius 3 is 2.77 bits per heavy atom. The van der Waals surface area contributed by atoms with Gasteiger partial charge in [0.2, 0.25) is 0 Å². The van der Waals surface area contributed by atoms with Crippen molar-refractivity contribution in [2.24, 2.45) is 5.73 Å². The van der Waals surface area contributed by atoms with E-state index in [1.165, 1.54) is 0 Å². The van der Waals surface area contributed by atoms with Gasteiger partial charge >= 0.3 is 0 Å². The van der Waals surface area contributed by atoms with Crippen LogP contribution in [0, 0.1) is 6.92 Å². The molecule has 0 saturated carbocycles. The number of anilines is 1. The van der Waals surface area contributed by atoms with Crippen LogP contribution in [-0.4, -0.2) is 32.6 Å². The smallest absolute Gasteiger partial charge is 0.165 e. The van der Waals surface area contributed by atoms with Gasteiger partial charge in [-0.05, 0) is 48.7 Å². The third-order valence-electron chi connectivity index (χ3n) is 4.31. The average molecular weight is 349 g/mol. The second-order valence-corrected chi connectivity index (χ2v) is 6.24. The van der Waals surface area contributed by atoms with Crippen LogP contribution in [0.5, 0.6) is 5.75 Å². The number of nitrogens with one attached hydrogen (secondary N) is 1. The van der Waals surface area contributed by atoms with Crippen LogP contribution in [0.1, 0.15) is 18.9 Å². The number of pyridine rings is 1. The topological polar surface area (TPSA) is 97.0 Å². The number of phenolic OH excluding ortho intramolecular Hbond substituents is 1. The molecule has 0 unspecified atom stereocenters. The zero-order valence-corrected chi connectivity index (χ0v) is 15.0. The highest BCUT2D eigenvalue weighted by Gasteiger charge is 2.12. The molecule has 134 valence electrons. The predicted octanol–water partition coefficient (Wildman–Crippen LogP) is 3.37. The third kappa shape index (κ3) is 3.97. The van der Waals surface area contributed by atoms with Gasteiger partial charge in [0.05, 0.1) is 5.56 Å². The summed E-state index contributed by atoms with van der Waals surface area (Å²) in [6.45, 7) is 4.71. The predicted molar refractivity (Wildman–Crippen MR) is 104 cm³/mol. The minimum Gasteiger partial charge on any atom is -0.507 e. The number of rotatable bonds is 6. The molecule has 0 aliphatic rings. The molecule has 1 aromatic carbocycles. The van der Waals surface area contributed by atoms with Gasteiger partial charge in [-0.15, -0.1) is 0 Å². The molecule has 0 amide bonds. The van der Waals surface area contributed by atoms with Crippen molar-refractivity contribution in [2.75, 3.05) is 11.9 Å². The molecule has 0 fully saturated rings. The second-order valence-electron chi connectivity index (χ2n) is 6.24. The summed E-state index contributed by atoms with van der Waals surface area (Å²) in [5.74, 6) is 1.28. The molecule has 0 aliphatic heterocycles. The van der Waals surface area contributed by atoms with Crippen LogP contribution < -0.4 is 11.1 Å². The number of aryl methyl sites for hydroxylation is 1. The Hall–Kier alpha value is -2.99. The fourth-order valence-corrected chi connectivity index (χ4v) is 2.62. The Bertz CT molecular complexity index is 897. The number of nitrogens with two attached hydrogens (primary N) is 1. The summed E-state index contributed by atoms with van der Waals surface area (Å²) in [4.78, 5) is 13.0. The van der Waals surface area contributed by atoms with Gasteiger partial charge < -0.3 is 16.2 Å². The van der Waals surface area contributed by atoms with E-state index in [0.29, 0.717) is 23.8 Å². The normalized spacial score (nSPS) is 12.0. The lowest BCUT2D eigenvalue weighted by atomic mass is 10.00. The van der Waals surface area contributed by atoms with Gasteiger partial charge in [-0.2, -0.15) is 0 Å². The summed E-state index contributed by atoms with van der Waals surface area (Å²) in [5, 5.41) is 13.5. The maximum Gasteiger partial charge on any atom is 0.165 e. The summed E-state index contributed by atoms with van der Waals surface area (Å²) in [5.41, 5.74) is 9.60. The first-order valence-electron chi connectivity index (χ1n) is 8.65. The molecular formula is C20H23N5O. The van der Waals surface area contributed by atoms with Crippen molar-refractivity contribution in [1.82, 2.24) is 15.0 Å². The molecular weight excluding hydrogens is 326 g/mol. The molecule has 3 aromatic rings. The van der Waals surface area contributed by atoms with Crippen molar-refractivity contribution in [2.45, 2.75) is 26.3 Å². The van der Waals surface area contributed by atoms with E-state index >= 15 is 0 Å². The molecule has 1 atom stereocenters. The van der Waals surface area contributed by atoms with Crippen molar-refractivity contribution < 1.29 is 5.11 Å². The average Bonchev–Trinajstić information content (AvgIpc) is 2.67. The molecule has 6 nitrogen and oxygen atoms in total. The first kappa shape index (κ1) is 17.8. The van der Waals surface area contributed by atoms with Crippen LogP contribution in [0.4, 0.5) is 5.82 Å². The number of aromatic nitrogens is 3. The highest BCUT2D eigenvalue weighted by Crippen LogP contribution is 2.32. The Morgan fingerprint density at radius 1 is 1.15 bits per heavy atom. The largest absolute Gasteiger partial charge is 0.507 e. The summed E-state index contributed by atoms with van der Waals surface area (Å²) in [7, 11) is 0. The van der Waals surface area contributed by atoms with Crippen molar-refractivity contribution in [1.29, 1.82) is 0 Å². The summed E-state index contributed by atoms with van der Waals surface area (Å²) in [6.07, 6.45) is 6.14. The quantitative estimate of drug-likeness (QED) is 0.631. The minimum atomic E-state index is 0.0682. The zero-order chi connectivity index (χ0) is 18.5. The van der Waals surface area contributed by atoms with Crippen LogP contribution in [0.15, 0.2) is 48.9 Å². The molecule has 0 radical (unpaired) electrons. The lowest BCUT2D eigenvalue weighted by Crippen LogP contribution is -2.28. The third-order valence-corrected chi connectivity index (χ3v) is 4.31. The molecule has 2 heterocycles. The van der Waals surface area contributed by atoms with Crippen molar-refractivity contribution >= 4 is 5.82 Å². The Balaban J connectivity index is 1.94. The molecule has 0 bridgehead atoms. The lowest BCUT2D eigenvalue weighted by molar-refractivity contribution is 0.477. The van der Waals surface area contributed by atoms with E-state index in [1.54, 1.807) is 24.5 Å². The van der Waals surface area contributed by atoms with E-state index in [1.807, 2.05) is 38.2 Å². The van der Waals surface area contributed by atoms with E-state index in [9.17, 15) is 5.11 Å². The Kier molecular flexibility index (Phi) is 5.43. The fourth-order valence-electron chi connectivity index (χ4n) is 2.62. The van der Waals surface area contributed by atoms with Crippen LogP contribution >= 0.6 is 0 Å². The first-order valence-corrected chi connectivity index (χ1v) is 8.65. The molecule has 6 heteroatoms. The Morgan fingerprint density at radius 2 is 2.00 bits per heavy atom. The van der Waals surface area contributed by atoms with Gasteiger partial charge in [0.1, 0.15) is 11.6 Å². The van der Waals surface area contributed by atoms with Crippen molar-refractivity contribution in [3.63, 3.8) is 0 Å². The number of phenols is 1. The van der Waals surface area contributed by atoms with E-state index in [-0.39, 0.29) is 11.8 Å². The monoisotopic (exact) mass is 349 g/mol. The number of hydrogen-bond acceptors (Lipinski definition) is 6. The van der Waals surface area contributed by atoms with E-state index < -0.39 is 0 Å². The van der Waals surface area contributed by atoms with Gasteiger partial charge in [0, 0.05) is 36.7 Å². The Labute approximate surface area is 153 Å². The van der Waals surface area contributed by atoms with Gasteiger partial charge in [-0.25, -0.2) is 9.97 Å². The molecule has 2 aromatic heterocycles. The fraction of sp³-hybridized carbons (Fsp3) is 0.250. The van der Waals surface area contributed by atoms with E-state index in [4.69, 9.17) is 5.73 Å². The SMILES string of the molecule is CC[C@H](N)CNc1ccnc(-c2cc(-c3cnccc3C)ccc2O)n1. The lowest BCUT2D eigenvalue weighted by Gasteiger charge is -2.12. The standard InChI is InChI=1S/C20H23N5O/c1-3-15(21)11-24-19-7-9-23-20(25-19)16-10-14(4-5-18(16)26)17-12-22-8-6-13(17)2/h4-10,12,15,26H,3,11,21H2,1-2H3,(H,23,24,25)/t15-/m0/s1. The van der Waals surface area contributed by atoms with Crippen LogP contribution in [-0.2, 0) is 0 Å². The molecule has 0 aliphatic carbocycles. The summed E-state index contributed by atoms with van der Waals surface area (Å²) >= 11 is 0. The molecule has 0 saturated heterocycles. The number of benzene rings is 1. The van der Waals surface area contributed by atoms with Gasteiger partial charge in [-0.1, -0.05) is 13.0 Å². The number of hydrogen-bond donors (Lipinski definition) is 3. The highest BCUT2D eigenvalue weighted by atomic mass is 16.3. The van der Waals surface area contributed by atoms with Crippen LogP contribution in [0.2, 0.25) is 0 Å². The second kappa shape index (κ2) is 7.93. The molecule has 3 rings (SSSR count). The maximum absolute atomic E-state index is 10.3. The van der Waals surface area contributed by atoms with Gasteiger partial charge in [-0.3, -0.25) is 4.98 Å². The van der Waals surface area contributed by atoms with Crippen LogP contribution in [0.3, 0.4) is 0 Å². The van der Waals surface area contributed by atoms with E-state index in [0.717, 1.165) is 23.1 Å². The molecule has 4 N–H and O–H groups in total. The first-order chi connectivity index (χ1) is 12.6. The number of aromatic hydroxyl groups is 1. The minimum absolute atomic E-state index is 0.0682. The summed E-state index contributed by atoms with van der Waals surface area (Å²) in [6, 6.07) is 9.23. The highest BCUT2D eigenvalue weighted by molar-refractivity contribution is 5.75. The van der Waals surface area contributed by atoms with E-state index in [2.05, 4.69) is 20.3 Å². The van der Waals surface area contributed by atoms with Gasteiger partial charge in [0.15, 0.2) is 5.82 Å². The van der Waals surface area contributed by atoms with Crippen molar-refractivity contribution in [3.05, 3.63) is 54.5 Å². The summed E-state index contributed by atoms with van der Waals surface area (Å²) < 4.78 is 0. The number of nitrogens with zero attached hydrogens (tertiary/aromatic N) is 3. The zero-order valence-electron chi connectivity index (χ0n) is 15.0.